The van der Waals surface area contributed by atoms with E-state index in [-0.39, 0.29) is 30.0 Å². The lowest BCUT2D eigenvalue weighted by Crippen LogP contribution is -2.39. The number of likely N-dealkylation sites (N-methyl/N-ethyl adjacent to an activating group) is 1. The Morgan fingerprint density at radius 2 is 1.85 bits per heavy atom. The largest absolute Gasteiger partial charge is 0.489 e. The number of nitrogens with one attached hydrogen (secondary N) is 2. The number of ether oxygens (including phenoxy) is 1. The second-order valence-corrected chi connectivity index (χ2v) is 10.1. The molecule has 1 aromatic heterocycles. The fourth-order valence-electron chi connectivity index (χ4n) is 3.46. The molecule has 10 nitrogen and oxygen atoms in total. The van der Waals surface area contributed by atoms with E-state index in [1.165, 1.54) is 12.1 Å². The third-order valence-electron chi connectivity index (χ3n) is 5.66. The molecular formula is C28H31FN4O6S. The molecule has 5 N–H and O–H groups in total. The maximum atomic E-state index is 12.6. The van der Waals surface area contributed by atoms with Crippen LogP contribution in [-0.4, -0.2) is 50.1 Å². The highest BCUT2D eigenvalue weighted by atomic mass is 32.2. The zero-order valence-corrected chi connectivity index (χ0v) is 22.8. The first kappa shape index (κ1) is 30.3. The number of hydrogen-bond donors (Lipinski definition) is 4. The number of benzene rings is 3. The molecule has 0 fully saturated rings. The fraction of sp³-hybridized carbons (Fsp3) is 0.214. The summed E-state index contributed by atoms with van der Waals surface area (Å²) in [7, 11) is -2.44. The van der Waals surface area contributed by atoms with Gasteiger partial charge >= 0.3 is 0 Å². The molecule has 0 aliphatic rings. The summed E-state index contributed by atoms with van der Waals surface area (Å²) in [4.78, 5) is 16.6. The number of halogens is 1. The molecule has 0 saturated carbocycles. The number of nitrogens with two attached hydrogens (primary N) is 1. The van der Waals surface area contributed by atoms with Gasteiger partial charge in [0, 0.05) is 31.7 Å². The van der Waals surface area contributed by atoms with Crippen LogP contribution in [0.3, 0.4) is 0 Å². The number of hydrogen-bond acceptors (Lipinski definition) is 8. The minimum atomic E-state index is -4.02. The van der Waals surface area contributed by atoms with Gasteiger partial charge in [-0.05, 0) is 36.8 Å². The van der Waals surface area contributed by atoms with Gasteiger partial charge in [-0.15, -0.1) is 0 Å². The minimum absolute atomic E-state index is 0.0492. The predicted octanol–water partition coefficient (Wildman–Crippen LogP) is 4.03. The number of anilines is 1. The van der Waals surface area contributed by atoms with Crippen LogP contribution < -0.4 is 21.1 Å². The predicted molar refractivity (Wildman–Crippen MR) is 150 cm³/mol. The van der Waals surface area contributed by atoms with Crippen LogP contribution >= 0.6 is 0 Å². The second kappa shape index (κ2) is 14.2. The summed E-state index contributed by atoms with van der Waals surface area (Å²) in [6.45, 7) is 1.97. The average Bonchev–Trinajstić information content (AvgIpc) is 3.35. The standard InChI is InChI=1S/C21H23FN4O3.C7H8O3S/c1-24-20(27)18(9-14-5-3-2-4-6-14)26-21-25-17-8-7-16(10-19(17)29-21)28-13-15(11-22)12-23;1-6-2-4-7(5-3-6)11(8,9)10/h2-8,10-11,18H,9,12-13,23H2,1H3,(H,24,27)(H,25,26);2-5H,1H3,(H,8,9,10)/b15-11-;/t18-;/m1./s1. The lowest BCUT2D eigenvalue weighted by molar-refractivity contribution is -0.121. The van der Waals surface area contributed by atoms with Crippen LogP contribution in [0.4, 0.5) is 10.4 Å². The van der Waals surface area contributed by atoms with E-state index in [1.807, 2.05) is 37.3 Å². The molecule has 40 heavy (non-hydrogen) atoms. The first-order chi connectivity index (χ1) is 19.1. The van der Waals surface area contributed by atoms with E-state index < -0.39 is 16.2 Å². The summed E-state index contributed by atoms with van der Waals surface area (Å²) in [6.07, 6.45) is 0.922. The van der Waals surface area contributed by atoms with Crippen molar-refractivity contribution in [1.82, 2.24) is 10.3 Å². The number of fused-ring (bicyclic) bond motifs is 1. The molecule has 4 rings (SSSR count). The van der Waals surface area contributed by atoms with Gasteiger partial charge in [0.25, 0.3) is 16.1 Å². The molecule has 0 bridgehead atoms. The van der Waals surface area contributed by atoms with Crippen molar-refractivity contribution in [3.8, 4) is 5.75 Å². The van der Waals surface area contributed by atoms with E-state index in [4.69, 9.17) is 19.4 Å². The van der Waals surface area contributed by atoms with E-state index in [0.29, 0.717) is 35.2 Å². The van der Waals surface area contributed by atoms with E-state index in [9.17, 15) is 17.6 Å². The Morgan fingerprint density at radius 1 is 1.15 bits per heavy atom. The molecule has 0 aliphatic heterocycles. The molecule has 12 heteroatoms. The molecule has 0 spiro atoms. The van der Waals surface area contributed by atoms with Crippen molar-refractivity contribution in [3.63, 3.8) is 0 Å². The molecule has 0 saturated heterocycles. The first-order valence-corrected chi connectivity index (χ1v) is 13.6. The van der Waals surface area contributed by atoms with E-state index in [1.54, 1.807) is 37.4 Å². The van der Waals surface area contributed by atoms with Crippen LogP contribution in [0.5, 0.6) is 5.75 Å². The summed E-state index contributed by atoms with van der Waals surface area (Å²) in [5.41, 5.74) is 8.83. The first-order valence-electron chi connectivity index (χ1n) is 12.2. The molecule has 1 heterocycles. The highest BCUT2D eigenvalue weighted by Crippen LogP contribution is 2.25. The van der Waals surface area contributed by atoms with Gasteiger partial charge in [0.15, 0.2) is 5.58 Å². The van der Waals surface area contributed by atoms with Crippen LogP contribution in [0, 0.1) is 6.92 Å². The molecule has 4 aromatic rings. The molecular weight excluding hydrogens is 539 g/mol. The van der Waals surface area contributed by atoms with Crippen molar-refractivity contribution in [2.24, 2.45) is 5.73 Å². The van der Waals surface area contributed by atoms with E-state index >= 15 is 0 Å². The molecule has 0 aliphatic carbocycles. The Labute approximate surface area is 231 Å². The van der Waals surface area contributed by atoms with Crippen LogP contribution in [0.1, 0.15) is 11.1 Å². The SMILES string of the molecule is CNC(=O)[C@@H](Cc1ccccc1)Nc1nc2ccc(OC/C(=C\F)CN)cc2o1.Cc1ccc(S(=O)(=O)O)cc1. The van der Waals surface area contributed by atoms with Crippen LogP contribution in [0.15, 0.2) is 94.0 Å². The van der Waals surface area contributed by atoms with Gasteiger partial charge in [-0.1, -0.05) is 48.0 Å². The molecule has 1 atom stereocenters. The Bertz CT molecular complexity index is 1540. The van der Waals surface area contributed by atoms with Crippen molar-refractivity contribution >= 4 is 33.1 Å². The molecule has 0 unspecified atom stereocenters. The lowest BCUT2D eigenvalue weighted by atomic mass is 10.1. The number of aromatic nitrogens is 1. The number of oxazole rings is 1. The number of nitrogens with zero attached hydrogens (tertiary/aromatic N) is 1. The Morgan fingerprint density at radius 3 is 2.45 bits per heavy atom. The van der Waals surface area contributed by atoms with Crippen molar-refractivity contribution in [1.29, 1.82) is 0 Å². The third-order valence-corrected chi connectivity index (χ3v) is 6.53. The zero-order chi connectivity index (χ0) is 29.1. The third kappa shape index (κ3) is 8.90. The topological polar surface area (TPSA) is 157 Å². The Balaban J connectivity index is 0.000000336. The smallest absolute Gasteiger partial charge is 0.296 e. The summed E-state index contributed by atoms with van der Waals surface area (Å²) >= 11 is 0. The van der Waals surface area contributed by atoms with Crippen molar-refractivity contribution in [2.75, 3.05) is 25.5 Å². The van der Waals surface area contributed by atoms with Gasteiger partial charge in [0.05, 0.1) is 11.2 Å². The summed E-state index contributed by atoms with van der Waals surface area (Å²) in [5, 5.41) is 5.70. The van der Waals surface area contributed by atoms with Gasteiger partial charge in [-0.2, -0.15) is 13.4 Å². The normalized spacial score (nSPS) is 12.3. The van der Waals surface area contributed by atoms with Crippen molar-refractivity contribution < 1.29 is 31.3 Å². The lowest BCUT2D eigenvalue weighted by Gasteiger charge is -2.15. The summed E-state index contributed by atoms with van der Waals surface area (Å²) < 4.78 is 53.4. The number of rotatable bonds is 10. The highest BCUT2D eigenvalue weighted by Gasteiger charge is 2.20. The van der Waals surface area contributed by atoms with Crippen LogP contribution in [0.2, 0.25) is 0 Å². The number of carbonyl (C=O) groups excluding carboxylic acids is 1. The summed E-state index contributed by atoms with van der Waals surface area (Å²) in [5.74, 6) is 0.326. The van der Waals surface area contributed by atoms with Gasteiger partial charge in [0.2, 0.25) is 5.91 Å². The van der Waals surface area contributed by atoms with Crippen molar-refractivity contribution in [2.45, 2.75) is 24.3 Å². The van der Waals surface area contributed by atoms with E-state index in [0.717, 1.165) is 11.1 Å². The van der Waals surface area contributed by atoms with Crippen LogP contribution in [-0.2, 0) is 21.3 Å². The molecule has 1 amide bonds. The number of amides is 1. The van der Waals surface area contributed by atoms with Gasteiger partial charge in [-0.3, -0.25) is 9.35 Å². The highest BCUT2D eigenvalue weighted by molar-refractivity contribution is 7.85. The zero-order valence-electron chi connectivity index (χ0n) is 22.0. The van der Waals surface area contributed by atoms with Crippen LogP contribution in [0.25, 0.3) is 11.1 Å². The van der Waals surface area contributed by atoms with Gasteiger partial charge in [-0.25, -0.2) is 4.39 Å². The quantitative estimate of drug-likeness (QED) is 0.207. The van der Waals surface area contributed by atoms with Gasteiger partial charge in [0.1, 0.15) is 23.9 Å². The van der Waals surface area contributed by atoms with Crippen molar-refractivity contribution in [3.05, 3.63) is 95.8 Å². The molecule has 3 aromatic carbocycles. The molecule has 212 valence electrons. The van der Waals surface area contributed by atoms with E-state index in [2.05, 4.69) is 15.6 Å². The summed E-state index contributed by atoms with van der Waals surface area (Å²) in [6, 6.07) is 20.4. The maximum absolute atomic E-state index is 12.6. The second-order valence-electron chi connectivity index (χ2n) is 8.70. The Hall–Kier alpha value is -4.26. The monoisotopic (exact) mass is 570 g/mol. The minimum Gasteiger partial charge on any atom is -0.489 e. The Kier molecular flexibility index (Phi) is 10.8. The number of aryl methyl sites for hydroxylation is 1. The fourth-order valence-corrected chi connectivity index (χ4v) is 3.94. The molecule has 0 radical (unpaired) electrons. The maximum Gasteiger partial charge on any atom is 0.296 e. The average molecular weight is 571 g/mol. The number of carbonyl (C=O) groups is 1. The van der Waals surface area contributed by atoms with Gasteiger partial charge < -0.3 is 25.5 Å².